The van der Waals surface area contributed by atoms with E-state index in [2.05, 4.69) is 15.1 Å². The molecule has 0 spiro atoms. The monoisotopic (exact) mass is 306 g/mol. The second-order valence-electron chi connectivity index (χ2n) is 5.11. The first-order valence-electron chi connectivity index (χ1n) is 7.20. The van der Waals surface area contributed by atoms with Gasteiger partial charge in [-0.3, -0.25) is 0 Å². The van der Waals surface area contributed by atoms with E-state index >= 15 is 0 Å². The van der Waals surface area contributed by atoms with Crippen LogP contribution in [0.15, 0.2) is 59.4 Å². The summed E-state index contributed by atoms with van der Waals surface area (Å²) in [5, 5.41) is 4.05. The number of benzene rings is 2. The molecule has 0 saturated heterocycles. The summed E-state index contributed by atoms with van der Waals surface area (Å²) in [6.45, 7) is 0.514. The summed E-state index contributed by atoms with van der Waals surface area (Å²) in [5.74, 6) is 1.89. The second-order valence-corrected chi connectivity index (χ2v) is 5.11. The third kappa shape index (κ3) is 2.55. The minimum absolute atomic E-state index is 0.493. The number of methoxy groups -OCH3 is 1. The Balaban J connectivity index is 1.60. The SMILES string of the molecule is COc1ccc(-c2nc(Cn3cnc4ccccc43)no2)cc1. The van der Waals surface area contributed by atoms with Gasteiger partial charge in [0.1, 0.15) is 5.75 Å². The molecule has 6 heteroatoms. The van der Waals surface area contributed by atoms with Gasteiger partial charge in [-0.1, -0.05) is 17.3 Å². The van der Waals surface area contributed by atoms with E-state index in [4.69, 9.17) is 9.26 Å². The van der Waals surface area contributed by atoms with Crippen molar-refractivity contribution in [3.8, 4) is 17.2 Å². The number of fused-ring (bicyclic) bond motifs is 1. The molecule has 23 heavy (non-hydrogen) atoms. The number of nitrogens with zero attached hydrogens (tertiary/aromatic N) is 4. The molecular formula is C17H14N4O2. The Labute approximate surface area is 132 Å². The van der Waals surface area contributed by atoms with E-state index in [0.29, 0.717) is 18.3 Å². The van der Waals surface area contributed by atoms with Crippen LogP contribution < -0.4 is 4.74 Å². The van der Waals surface area contributed by atoms with Gasteiger partial charge in [-0.25, -0.2) is 4.98 Å². The quantitative estimate of drug-likeness (QED) is 0.579. The van der Waals surface area contributed by atoms with Crippen molar-refractivity contribution in [2.45, 2.75) is 6.54 Å². The first-order chi connectivity index (χ1) is 11.3. The van der Waals surface area contributed by atoms with Crippen LogP contribution in [0.3, 0.4) is 0 Å². The number of aromatic nitrogens is 4. The first kappa shape index (κ1) is 13.5. The van der Waals surface area contributed by atoms with E-state index in [9.17, 15) is 0 Å². The van der Waals surface area contributed by atoms with Gasteiger partial charge < -0.3 is 13.8 Å². The van der Waals surface area contributed by atoms with Crippen LogP contribution >= 0.6 is 0 Å². The molecule has 0 aliphatic heterocycles. The lowest BCUT2D eigenvalue weighted by atomic mass is 10.2. The molecule has 2 aromatic carbocycles. The number of hydrogen-bond donors (Lipinski definition) is 0. The van der Waals surface area contributed by atoms with E-state index in [1.54, 1.807) is 13.4 Å². The van der Waals surface area contributed by atoms with Crippen LogP contribution in [0.4, 0.5) is 0 Å². The lowest BCUT2D eigenvalue weighted by molar-refractivity contribution is 0.413. The van der Waals surface area contributed by atoms with Crippen LogP contribution in [0.1, 0.15) is 5.82 Å². The van der Waals surface area contributed by atoms with Crippen molar-refractivity contribution in [2.75, 3.05) is 7.11 Å². The predicted molar refractivity (Wildman–Crippen MR) is 85.1 cm³/mol. The Morgan fingerprint density at radius 3 is 2.74 bits per heavy atom. The predicted octanol–water partition coefficient (Wildman–Crippen LogP) is 3.14. The molecule has 0 aliphatic rings. The molecule has 114 valence electrons. The Kier molecular flexibility index (Phi) is 3.27. The fraction of sp³-hybridized carbons (Fsp3) is 0.118. The van der Waals surface area contributed by atoms with Gasteiger partial charge in [0.15, 0.2) is 5.82 Å². The highest BCUT2D eigenvalue weighted by molar-refractivity contribution is 5.75. The molecule has 0 unspecified atom stereocenters. The molecular weight excluding hydrogens is 292 g/mol. The van der Waals surface area contributed by atoms with Crippen LogP contribution in [0.5, 0.6) is 5.75 Å². The zero-order valence-electron chi connectivity index (χ0n) is 12.5. The number of hydrogen-bond acceptors (Lipinski definition) is 5. The summed E-state index contributed by atoms with van der Waals surface area (Å²) in [6.07, 6.45) is 1.79. The van der Waals surface area contributed by atoms with Gasteiger partial charge in [0, 0.05) is 5.56 Å². The average molecular weight is 306 g/mol. The molecule has 2 heterocycles. The van der Waals surface area contributed by atoms with Crippen molar-refractivity contribution in [3.63, 3.8) is 0 Å². The van der Waals surface area contributed by atoms with Gasteiger partial charge in [0.2, 0.25) is 0 Å². The number of rotatable bonds is 4. The molecule has 0 amide bonds. The van der Waals surface area contributed by atoms with Crippen LogP contribution in [-0.2, 0) is 6.54 Å². The van der Waals surface area contributed by atoms with Crippen molar-refractivity contribution >= 4 is 11.0 Å². The summed E-state index contributed by atoms with van der Waals surface area (Å²) < 4.78 is 12.5. The lowest BCUT2D eigenvalue weighted by Gasteiger charge is -1.99. The van der Waals surface area contributed by atoms with Gasteiger partial charge in [-0.15, -0.1) is 0 Å². The largest absolute Gasteiger partial charge is 0.497 e. The van der Waals surface area contributed by atoms with Gasteiger partial charge in [-0.2, -0.15) is 4.98 Å². The number of ether oxygens (including phenoxy) is 1. The van der Waals surface area contributed by atoms with E-state index in [-0.39, 0.29) is 0 Å². The standard InChI is InChI=1S/C17H14N4O2/c1-22-13-8-6-12(7-9-13)17-19-16(20-23-17)10-21-11-18-14-4-2-3-5-15(14)21/h2-9,11H,10H2,1H3. The smallest absolute Gasteiger partial charge is 0.257 e. The minimum atomic E-state index is 0.493. The second kappa shape index (κ2) is 5.57. The highest BCUT2D eigenvalue weighted by atomic mass is 16.5. The van der Waals surface area contributed by atoms with Crippen molar-refractivity contribution in [3.05, 3.63) is 60.7 Å². The zero-order chi connectivity index (χ0) is 15.6. The molecule has 2 aromatic heterocycles. The summed E-state index contributed by atoms with van der Waals surface area (Å²) in [7, 11) is 1.63. The third-order valence-electron chi connectivity index (χ3n) is 3.64. The third-order valence-corrected chi connectivity index (χ3v) is 3.64. The molecule has 0 radical (unpaired) electrons. The maximum Gasteiger partial charge on any atom is 0.257 e. The van der Waals surface area contributed by atoms with Gasteiger partial charge in [0.05, 0.1) is 31.0 Å². The Hall–Kier alpha value is -3.15. The fourth-order valence-corrected chi connectivity index (χ4v) is 2.46. The van der Waals surface area contributed by atoms with Crippen LogP contribution in [0.2, 0.25) is 0 Å². The molecule has 0 saturated carbocycles. The molecule has 0 N–H and O–H groups in total. The highest BCUT2D eigenvalue weighted by Crippen LogP contribution is 2.21. The van der Waals surface area contributed by atoms with Crippen LogP contribution in [0, 0.1) is 0 Å². The van der Waals surface area contributed by atoms with Crippen molar-refractivity contribution in [1.82, 2.24) is 19.7 Å². The molecule has 0 aliphatic carbocycles. The molecule has 4 aromatic rings. The van der Waals surface area contributed by atoms with Crippen molar-refractivity contribution in [1.29, 1.82) is 0 Å². The topological polar surface area (TPSA) is 66.0 Å². The van der Waals surface area contributed by atoms with Crippen LogP contribution in [0.25, 0.3) is 22.5 Å². The normalized spacial score (nSPS) is 11.0. The fourth-order valence-electron chi connectivity index (χ4n) is 2.46. The molecule has 6 nitrogen and oxygen atoms in total. The minimum Gasteiger partial charge on any atom is -0.497 e. The van der Waals surface area contributed by atoms with E-state index in [1.807, 2.05) is 53.1 Å². The Bertz CT molecular complexity index is 941. The first-order valence-corrected chi connectivity index (χ1v) is 7.20. The molecule has 0 atom stereocenters. The Morgan fingerprint density at radius 1 is 1.09 bits per heavy atom. The van der Waals surface area contributed by atoms with Crippen LogP contribution in [-0.4, -0.2) is 26.8 Å². The van der Waals surface area contributed by atoms with E-state index in [0.717, 1.165) is 22.3 Å². The molecule has 0 bridgehead atoms. The molecule has 0 fully saturated rings. The summed E-state index contributed by atoms with van der Waals surface area (Å²) in [4.78, 5) is 8.81. The lowest BCUT2D eigenvalue weighted by Crippen LogP contribution is -1.99. The van der Waals surface area contributed by atoms with Gasteiger partial charge >= 0.3 is 0 Å². The van der Waals surface area contributed by atoms with E-state index in [1.165, 1.54) is 0 Å². The number of imidazole rings is 1. The highest BCUT2D eigenvalue weighted by Gasteiger charge is 2.11. The summed E-state index contributed by atoms with van der Waals surface area (Å²) in [5.41, 5.74) is 2.86. The molecule has 4 rings (SSSR count). The summed E-state index contributed by atoms with van der Waals surface area (Å²) in [6, 6.07) is 15.5. The van der Waals surface area contributed by atoms with Gasteiger partial charge in [0.25, 0.3) is 5.89 Å². The maximum absolute atomic E-state index is 5.35. The van der Waals surface area contributed by atoms with Crippen molar-refractivity contribution in [2.24, 2.45) is 0 Å². The van der Waals surface area contributed by atoms with E-state index < -0.39 is 0 Å². The van der Waals surface area contributed by atoms with Gasteiger partial charge in [-0.05, 0) is 36.4 Å². The zero-order valence-corrected chi connectivity index (χ0v) is 12.5. The maximum atomic E-state index is 5.35. The van der Waals surface area contributed by atoms with Crippen molar-refractivity contribution < 1.29 is 9.26 Å². The Morgan fingerprint density at radius 2 is 1.91 bits per heavy atom. The average Bonchev–Trinajstić information content (AvgIpc) is 3.23. The number of para-hydroxylation sites is 2. The summed E-state index contributed by atoms with van der Waals surface area (Å²) >= 11 is 0.